The molecule has 76 valence electrons. The second kappa shape index (κ2) is 4.33. The molecule has 0 aliphatic rings. The van der Waals surface area contributed by atoms with E-state index in [-0.39, 0.29) is 0 Å². The summed E-state index contributed by atoms with van der Waals surface area (Å²) in [4.78, 5) is 4.28. The van der Waals surface area contributed by atoms with Crippen LogP contribution in [0.15, 0.2) is 30.3 Å². The third-order valence-corrected chi connectivity index (χ3v) is 2.14. The molecule has 3 nitrogen and oxygen atoms in total. The van der Waals surface area contributed by atoms with E-state index in [1.807, 2.05) is 24.3 Å². The minimum Gasteiger partial charge on any atom is -0.481 e. The highest BCUT2D eigenvalue weighted by molar-refractivity contribution is 5.80. The van der Waals surface area contributed by atoms with Gasteiger partial charge in [-0.2, -0.15) is 5.26 Å². The Morgan fingerprint density at radius 2 is 2.12 bits per heavy atom. The summed E-state index contributed by atoms with van der Waals surface area (Å²) in [5, 5.41) is 9.33. The molecule has 2 rings (SSSR count). The van der Waals surface area contributed by atoms with Crippen LogP contribution in [0.2, 0.25) is 0 Å². The van der Waals surface area contributed by atoms with E-state index in [1.54, 1.807) is 19.2 Å². The molecule has 1 heterocycles. The number of nitrogens with zero attached hydrogens (tertiary/aromatic N) is 2. The maximum atomic E-state index is 8.36. The lowest BCUT2D eigenvalue weighted by atomic mass is 10.1. The molecule has 0 aliphatic heterocycles. The number of rotatable bonds is 1. The van der Waals surface area contributed by atoms with Crippen LogP contribution in [0.4, 0.5) is 0 Å². The zero-order chi connectivity index (χ0) is 11.4. The topological polar surface area (TPSA) is 45.9 Å². The minimum atomic E-state index is 0.586. The monoisotopic (exact) mass is 208 g/mol. The molecule has 0 N–H and O–H groups in total. The lowest BCUT2D eigenvalue weighted by Gasteiger charge is -2.01. The molecule has 0 radical (unpaired) electrons. The van der Waals surface area contributed by atoms with Gasteiger partial charge >= 0.3 is 0 Å². The number of nitriles is 1. The zero-order valence-corrected chi connectivity index (χ0v) is 8.69. The fraction of sp³-hybridized carbons (Fsp3) is 0.0769. The van der Waals surface area contributed by atoms with Gasteiger partial charge in [-0.05, 0) is 24.3 Å². The van der Waals surface area contributed by atoms with Crippen LogP contribution in [0, 0.1) is 23.2 Å². The lowest BCUT2D eigenvalue weighted by Crippen LogP contribution is -1.87. The zero-order valence-electron chi connectivity index (χ0n) is 8.69. The van der Waals surface area contributed by atoms with E-state index in [2.05, 4.69) is 16.8 Å². The molecule has 3 heteroatoms. The van der Waals surface area contributed by atoms with Crippen molar-refractivity contribution in [1.82, 2.24) is 4.98 Å². The summed E-state index contributed by atoms with van der Waals surface area (Å²) in [7, 11) is 1.58. The van der Waals surface area contributed by atoms with E-state index >= 15 is 0 Å². The molecule has 2 aromatic rings. The SMILES string of the molecule is COc1ccc2cc(C#CC#N)ccc2n1. The van der Waals surface area contributed by atoms with Gasteiger partial charge in [-0.1, -0.05) is 5.92 Å². The van der Waals surface area contributed by atoms with Gasteiger partial charge in [0, 0.05) is 22.9 Å². The van der Waals surface area contributed by atoms with Crippen LogP contribution in [0.3, 0.4) is 0 Å². The van der Waals surface area contributed by atoms with E-state index in [4.69, 9.17) is 10.00 Å². The van der Waals surface area contributed by atoms with Gasteiger partial charge in [0.25, 0.3) is 0 Å². The maximum absolute atomic E-state index is 8.36. The summed E-state index contributed by atoms with van der Waals surface area (Å²) < 4.78 is 5.04. The number of hydrogen-bond donors (Lipinski definition) is 0. The van der Waals surface area contributed by atoms with Crippen molar-refractivity contribution in [3.63, 3.8) is 0 Å². The first-order valence-corrected chi connectivity index (χ1v) is 4.68. The van der Waals surface area contributed by atoms with Gasteiger partial charge in [0.1, 0.15) is 0 Å². The summed E-state index contributed by atoms with van der Waals surface area (Å²) in [5.74, 6) is 5.69. The number of fused-ring (bicyclic) bond motifs is 1. The summed E-state index contributed by atoms with van der Waals surface area (Å²) in [6, 6.07) is 11.1. The molecule has 1 aromatic carbocycles. The number of ether oxygens (including phenoxy) is 1. The fourth-order valence-electron chi connectivity index (χ4n) is 1.40. The molecular weight excluding hydrogens is 200 g/mol. The van der Waals surface area contributed by atoms with Crippen LogP contribution in [0.5, 0.6) is 5.88 Å². The fourth-order valence-corrected chi connectivity index (χ4v) is 1.40. The smallest absolute Gasteiger partial charge is 0.213 e. The number of methoxy groups -OCH3 is 1. The van der Waals surface area contributed by atoms with Gasteiger partial charge in [0.2, 0.25) is 5.88 Å². The molecule has 0 amide bonds. The molecular formula is C13H8N2O. The standard InChI is InChI=1S/C13H8N2O/c1-16-13-7-5-11-9-10(3-2-8-14)4-6-12(11)15-13/h4-7,9H,1H3. The Morgan fingerprint density at radius 3 is 2.88 bits per heavy atom. The van der Waals surface area contributed by atoms with Gasteiger partial charge in [0.05, 0.1) is 12.6 Å². The van der Waals surface area contributed by atoms with Crippen molar-refractivity contribution in [2.24, 2.45) is 0 Å². The van der Waals surface area contributed by atoms with Crippen molar-refractivity contribution in [2.75, 3.05) is 7.11 Å². The third-order valence-electron chi connectivity index (χ3n) is 2.14. The third kappa shape index (κ3) is 1.94. The van der Waals surface area contributed by atoms with E-state index in [0.29, 0.717) is 5.88 Å². The Morgan fingerprint density at radius 1 is 1.25 bits per heavy atom. The summed E-state index contributed by atoms with van der Waals surface area (Å²) in [6.07, 6.45) is 0. The van der Waals surface area contributed by atoms with Gasteiger partial charge in [-0.15, -0.1) is 0 Å². The number of pyridine rings is 1. The van der Waals surface area contributed by atoms with Crippen LogP contribution in [0.25, 0.3) is 10.9 Å². The largest absolute Gasteiger partial charge is 0.481 e. The van der Waals surface area contributed by atoms with Crippen LogP contribution >= 0.6 is 0 Å². The Hall–Kier alpha value is -2.52. The van der Waals surface area contributed by atoms with Gasteiger partial charge in [-0.3, -0.25) is 0 Å². The van der Waals surface area contributed by atoms with E-state index in [9.17, 15) is 0 Å². The predicted octanol–water partition coefficient (Wildman–Crippen LogP) is 2.12. The van der Waals surface area contributed by atoms with Crippen molar-refractivity contribution in [3.05, 3.63) is 35.9 Å². The second-order valence-electron chi connectivity index (χ2n) is 3.12. The first-order valence-electron chi connectivity index (χ1n) is 4.68. The first kappa shape index (κ1) is 10.0. The number of aromatic nitrogens is 1. The summed E-state index contributed by atoms with van der Waals surface area (Å²) in [6.45, 7) is 0. The van der Waals surface area contributed by atoms with Gasteiger partial charge < -0.3 is 4.74 Å². The van der Waals surface area contributed by atoms with Crippen molar-refractivity contribution in [2.45, 2.75) is 0 Å². The molecule has 1 aromatic heterocycles. The van der Waals surface area contributed by atoms with Crippen molar-refractivity contribution < 1.29 is 4.74 Å². The van der Waals surface area contributed by atoms with E-state index < -0.39 is 0 Å². The summed E-state index contributed by atoms with van der Waals surface area (Å²) in [5.41, 5.74) is 1.66. The Balaban J connectivity index is 2.52. The molecule has 0 bridgehead atoms. The van der Waals surface area contributed by atoms with Crippen molar-refractivity contribution in [3.8, 4) is 23.8 Å². The quantitative estimate of drug-likeness (QED) is 0.674. The first-order chi connectivity index (χ1) is 7.83. The van der Waals surface area contributed by atoms with E-state index in [0.717, 1.165) is 16.5 Å². The Labute approximate surface area is 93.3 Å². The molecule has 0 unspecified atom stereocenters. The lowest BCUT2D eigenvalue weighted by molar-refractivity contribution is 0.399. The van der Waals surface area contributed by atoms with Crippen LogP contribution in [-0.4, -0.2) is 12.1 Å². The van der Waals surface area contributed by atoms with Crippen molar-refractivity contribution in [1.29, 1.82) is 5.26 Å². The normalized spacial score (nSPS) is 9.00. The molecule has 0 saturated heterocycles. The molecule has 0 aliphatic carbocycles. The number of benzene rings is 1. The Kier molecular flexibility index (Phi) is 2.71. The maximum Gasteiger partial charge on any atom is 0.213 e. The van der Waals surface area contributed by atoms with Crippen LogP contribution in [-0.2, 0) is 0 Å². The molecule has 0 spiro atoms. The molecule has 0 atom stereocenters. The highest BCUT2D eigenvalue weighted by atomic mass is 16.5. The molecule has 0 saturated carbocycles. The molecule has 0 fully saturated rings. The Bertz CT molecular complexity index is 630. The van der Waals surface area contributed by atoms with Crippen LogP contribution in [0.1, 0.15) is 5.56 Å². The predicted molar refractivity (Wildman–Crippen MR) is 60.8 cm³/mol. The van der Waals surface area contributed by atoms with Crippen LogP contribution < -0.4 is 4.74 Å². The highest BCUT2D eigenvalue weighted by Gasteiger charge is 1.98. The minimum absolute atomic E-state index is 0.586. The second-order valence-corrected chi connectivity index (χ2v) is 3.12. The average Bonchev–Trinajstić information content (AvgIpc) is 2.35. The van der Waals surface area contributed by atoms with E-state index in [1.165, 1.54) is 0 Å². The summed E-state index contributed by atoms with van der Waals surface area (Å²) >= 11 is 0. The van der Waals surface area contributed by atoms with Gasteiger partial charge in [-0.25, -0.2) is 4.98 Å². The van der Waals surface area contributed by atoms with Gasteiger partial charge in [0.15, 0.2) is 6.07 Å². The molecule has 16 heavy (non-hydrogen) atoms. The average molecular weight is 208 g/mol. The highest BCUT2D eigenvalue weighted by Crippen LogP contribution is 2.17. The van der Waals surface area contributed by atoms with Crippen molar-refractivity contribution >= 4 is 10.9 Å². The number of hydrogen-bond acceptors (Lipinski definition) is 3.